The van der Waals surface area contributed by atoms with Crippen molar-refractivity contribution in [2.24, 2.45) is 0 Å². The molecule has 0 aliphatic carbocycles. The minimum atomic E-state index is 0.231. The molecule has 1 aromatic carbocycles. The zero-order chi connectivity index (χ0) is 15.5. The Hall–Kier alpha value is -1.75. The molecule has 2 aromatic rings. The number of fused-ring (bicyclic) bond motifs is 1. The van der Waals surface area contributed by atoms with Crippen molar-refractivity contribution in [3.8, 4) is 17.0 Å². The van der Waals surface area contributed by atoms with Crippen LogP contribution in [0.3, 0.4) is 0 Å². The number of nitrogens with zero attached hydrogens (tertiary/aromatic N) is 2. The van der Waals surface area contributed by atoms with E-state index in [0.717, 1.165) is 30.1 Å². The van der Waals surface area contributed by atoms with E-state index in [4.69, 9.17) is 10.5 Å². The van der Waals surface area contributed by atoms with Gasteiger partial charge in [-0.15, -0.1) is 11.3 Å². The van der Waals surface area contributed by atoms with Crippen LogP contribution in [0.15, 0.2) is 23.6 Å². The van der Waals surface area contributed by atoms with Gasteiger partial charge in [-0.25, -0.2) is 4.98 Å². The fraction of sp³-hybridized carbons (Fsp3) is 0.471. The zero-order valence-corrected chi connectivity index (χ0v) is 14.0. The minimum absolute atomic E-state index is 0.231. The molecule has 2 N–H and O–H groups in total. The Morgan fingerprint density at radius 2 is 2.27 bits per heavy atom. The summed E-state index contributed by atoms with van der Waals surface area (Å²) in [7, 11) is 0. The lowest BCUT2D eigenvalue weighted by Crippen LogP contribution is -2.39. The summed E-state index contributed by atoms with van der Waals surface area (Å²) in [6.07, 6.45) is 3.96. The van der Waals surface area contributed by atoms with Crippen LogP contribution in [0.2, 0.25) is 0 Å². The van der Waals surface area contributed by atoms with Gasteiger partial charge in [-0.2, -0.15) is 0 Å². The second-order valence-corrected chi connectivity index (χ2v) is 6.72. The maximum absolute atomic E-state index is 5.98. The second-order valence-electron chi connectivity index (χ2n) is 5.84. The predicted octanol–water partition coefficient (Wildman–Crippen LogP) is 4.17. The van der Waals surface area contributed by atoms with Crippen LogP contribution in [-0.2, 0) is 0 Å². The summed E-state index contributed by atoms with van der Waals surface area (Å²) in [5.74, 6) is 0.974. The Balaban J connectivity index is 1.88. The summed E-state index contributed by atoms with van der Waals surface area (Å²) in [6, 6.07) is 6.31. The lowest BCUT2D eigenvalue weighted by molar-refractivity contribution is 0.212. The Morgan fingerprint density at radius 1 is 1.41 bits per heavy atom. The SMILES string of the molecule is CCCCCN1CC(C)Oc2ccc(-c3csc(N)n3)cc21. The molecular weight excluding hydrogens is 294 g/mol. The molecule has 0 fully saturated rings. The van der Waals surface area contributed by atoms with Crippen LogP contribution in [0.4, 0.5) is 10.8 Å². The molecule has 0 saturated heterocycles. The smallest absolute Gasteiger partial charge is 0.180 e. The highest BCUT2D eigenvalue weighted by molar-refractivity contribution is 7.13. The molecule has 1 atom stereocenters. The number of benzene rings is 1. The van der Waals surface area contributed by atoms with E-state index in [0.29, 0.717) is 5.13 Å². The quantitative estimate of drug-likeness (QED) is 0.841. The molecule has 0 saturated carbocycles. The van der Waals surface area contributed by atoms with Crippen molar-refractivity contribution >= 4 is 22.2 Å². The third-order valence-electron chi connectivity index (χ3n) is 3.95. The molecule has 5 heteroatoms. The van der Waals surface area contributed by atoms with Crippen molar-refractivity contribution < 1.29 is 4.74 Å². The van der Waals surface area contributed by atoms with E-state index < -0.39 is 0 Å². The van der Waals surface area contributed by atoms with Crippen LogP contribution in [0.25, 0.3) is 11.3 Å². The van der Waals surface area contributed by atoms with Crippen molar-refractivity contribution in [3.05, 3.63) is 23.6 Å². The largest absolute Gasteiger partial charge is 0.487 e. The number of ether oxygens (including phenoxy) is 1. The summed E-state index contributed by atoms with van der Waals surface area (Å²) in [6.45, 7) is 6.39. The van der Waals surface area contributed by atoms with Crippen LogP contribution >= 0.6 is 11.3 Å². The van der Waals surface area contributed by atoms with Gasteiger partial charge >= 0.3 is 0 Å². The summed E-state index contributed by atoms with van der Waals surface area (Å²) in [5.41, 5.74) is 8.98. The number of hydrogen-bond acceptors (Lipinski definition) is 5. The number of hydrogen-bond donors (Lipinski definition) is 1. The van der Waals surface area contributed by atoms with Crippen LogP contribution in [0, 0.1) is 0 Å². The van der Waals surface area contributed by atoms with Crippen molar-refractivity contribution in [3.63, 3.8) is 0 Å². The third kappa shape index (κ3) is 3.19. The van der Waals surface area contributed by atoms with E-state index in [1.54, 1.807) is 0 Å². The molecule has 3 rings (SSSR count). The van der Waals surface area contributed by atoms with Crippen LogP contribution in [0.1, 0.15) is 33.1 Å². The topological polar surface area (TPSA) is 51.4 Å². The first-order valence-electron chi connectivity index (χ1n) is 7.94. The molecule has 0 spiro atoms. The second kappa shape index (κ2) is 6.57. The average molecular weight is 317 g/mol. The van der Waals surface area contributed by atoms with E-state index >= 15 is 0 Å². The number of nitrogens with two attached hydrogens (primary N) is 1. The van der Waals surface area contributed by atoms with Crippen LogP contribution < -0.4 is 15.4 Å². The highest BCUT2D eigenvalue weighted by Crippen LogP contribution is 2.37. The van der Waals surface area contributed by atoms with Gasteiger partial charge in [0.25, 0.3) is 0 Å². The molecular formula is C17H23N3OS. The van der Waals surface area contributed by atoms with Crippen molar-refractivity contribution in [1.82, 2.24) is 4.98 Å². The number of anilines is 2. The van der Waals surface area contributed by atoms with Crippen LogP contribution in [0.5, 0.6) is 5.75 Å². The van der Waals surface area contributed by atoms with E-state index in [-0.39, 0.29) is 6.10 Å². The first-order valence-corrected chi connectivity index (χ1v) is 8.82. The molecule has 0 radical (unpaired) electrons. The molecule has 1 unspecified atom stereocenters. The third-order valence-corrected chi connectivity index (χ3v) is 4.63. The lowest BCUT2D eigenvalue weighted by atomic mass is 10.1. The average Bonchev–Trinajstić information content (AvgIpc) is 2.93. The van der Waals surface area contributed by atoms with Crippen molar-refractivity contribution in [2.75, 3.05) is 23.7 Å². The summed E-state index contributed by atoms with van der Waals surface area (Å²) >= 11 is 1.48. The Labute approximate surface area is 135 Å². The molecule has 1 aliphatic heterocycles. The van der Waals surface area contributed by atoms with Gasteiger partial charge in [0.15, 0.2) is 5.13 Å². The lowest BCUT2D eigenvalue weighted by Gasteiger charge is -2.35. The maximum atomic E-state index is 5.98. The Morgan fingerprint density at radius 3 is 3.00 bits per heavy atom. The highest BCUT2D eigenvalue weighted by Gasteiger charge is 2.23. The summed E-state index contributed by atoms with van der Waals surface area (Å²) in [4.78, 5) is 6.83. The van der Waals surface area contributed by atoms with Crippen molar-refractivity contribution in [1.29, 1.82) is 0 Å². The van der Waals surface area contributed by atoms with Gasteiger partial charge in [0.05, 0.1) is 17.9 Å². The minimum Gasteiger partial charge on any atom is -0.487 e. The normalized spacial score (nSPS) is 17.2. The van der Waals surface area contributed by atoms with Gasteiger partial charge in [0.1, 0.15) is 11.9 Å². The Bertz CT molecular complexity index is 641. The molecule has 1 aromatic heterocycles. The van der Waals surface area contributed by atoms with Gasteiger partial charge in [-0.3, -0.25) is 0 Å². The number of rotatable bonds is 5. The van der Waals surface area contributed by atoms with E-state index in [9.17, 15) is 0 Å². The van der Waals surface area contributed by atoms with Gasteiger partial charge in [0.2, 0.25) is 0 Å². The zero-order valence-electron chi connectivity index (χ0n) is 13.2. The maximum Gasteiger partial charge on any atom is 0.180 e. The number of aromatic nitrogens is 1. The summed E-state index contributed by atoms with van der Waals surface area (Å²) < 4.78 is 5.98. The molecule has 118 valence electrons. The monoisotopic (exact) mass is 317 g/mol. The number of nitrogen functional groups attached to an aromatic ring is 1. The molecule has 0 amide bonds. The molecule has 4 nitrogen and oxygen atoms in total. The highest BCUT2D eigenvalue weighted by atomic mass is 32.1. The standard InChI is InChI=1S/C17H23N3OS/c1-3-4-5-8-20-10-12(2)21-16-7-6-13(9-15(16)20)14-11-22-17(18)19-14/h6-7,9,11-12H,3-5,8,10H2,1-2H3,(H2,18,19). The fourth-order valence-electron chi connectivity index (χ4n) is 2.87. The van der Waals surface area contributed by atoms with Gasteiger partial charge in [-0.1, -0.05) is 19.8 Å². The predicted molar refractivity (Wildman–Crippen MR) is 93.8 cm³/mol. The molecule has 1 aliphatic rings. The number of unbranched alkanes of at least 4 members (excludes halogenated alkanes) is 2. The first kappa shape index (κ1) is 15.2. The molecule has 0 bridgehead atoms. The van der Waals surface area contributed by atoms with Gasteiger partial charge < -0.3 is 15.4 Å². The first-order chi connectivity index (χ1) is 10.7. The molecule has 22 heavy (non-hydrogen) atoms. The Kier molecular flexibility index (Phi) is 4.52. The van der Waals surface area contributed by atoms with E-state index in [2.05, 4.69) is 41.9 Å². The fourth-order valence-corrected chi connectivity index (χ4v) is 3.44. The molecule has 2 heterocycles. The van der Waals surface area contributed by atoms with Gasteiger partial charge in [0, 0.05) is 17.5 Å². The van der Waals surface area contributed by atoms with E-state index in [1.165, 1.54) is 36.3 Å². The summed E-state index contributed by atoms with van der Waals surface area (Å²) in [5, 5.41) is 2.61. The van der Waals surface area contributed by atoms with E-state index in [1.807, 2.05) is 5.38 Å². The van der Waals surface area contributed by atoms with Gasteiger partial charge in [-0.05, 0) is 31.5 Å². The van der Waals surface area contributed by atoms with Crippen LogP contribution in [-0.4, -0.2) is 24.2 Å². The van der Waals surface area contributed by atoms with Crippen molar-refractivity contribution in [2.45, 2.75) is 39.2 Å². The number of thiazole rings is 1.